The van der Waals surface area contributed by atoms with E-state index in [1.807, 2.05) is 30.3 Å². The largest absolute Gasteiger partial charge is 0.299 e. The van der Waals surface area contributed by atoms with E-state index in [1.165, 1.54) is 31.5 Å². The van der Waals surface area contributed by atoms with Gasteiger partial charge in [-0.1, -0.05) is 41.9 Å². The van der Waals surface area contributed by atoms with Gasteiger partial charge in [0, 0.05) is 17.1 Å². The highest BCUT2D eigenvalue weighted by Crippen LogP contribution is 2.27. The van der Waals surface area contributed by atoms with Gasteiger partial charge in [-0.05, 0) is 55.3 Å². The van der Waals surface area contributed by atoms with Crippen molar-refractivity contribution in [2.45, 2.75) is 19.4 Å². The lowest BCUT2D eigenvalue weighted by Gasteiger charge is -2.14. The first-order valence-corrected chi connectivity index (χ1v) is 7.18. The molecule has 0 spiro atoms. The monoisotopic (exact) mass is 270 g/mol. The average Bonchev–Trinajstić information content (AvgIpc) is 2.93. The molecule has 1 saturated heterocycles. The van der Waals surface area contributed by atoms with Gasteiger partial charge < -0.3 is 0 Å². The van der Waals surface area contributed by atoms with Crippen molar-refractivity contribution in [3.05, 3.63) is 59.1 Å². The van der Waals surface area contributed by atoms with E-state index in [1.54, 1.807) is 0 Å². The lowest BCUT2D eigenvalue weighted by atomic mass is 10.0. The zero-order valence-corrected chi connectivity index (χ0v) is 11.7. The van der Waals surface area contributed by atoms with E-state index >= 15 is 0 Å². The summed E-state index contributed by atoms with van der Waals surface area (Å²) in [6.45, 7) is 3.46. The minimum absolute atomic E-state index is 0.795. The van der Waals surface area contributed by atoms with Crippen molar-refractivity contribution in [2.75, 3.05) is 13.1 Å². The number of hydrogen-bond acceptors (Lipinski definition) is 1. The van der Waals surface area contributed by atoms with Crippen LogP contribution in [-0.4, -0.2) is 18.0 Å². The summed E-state index contributed by atoms with van der Waals surface area (Å²) in [5, 5.41) is 0.795. The Morgan fingerprint density at radius 2 is 1.84 bits per heavy atom. The van der Waals surface area contributed by atoms with E-state index in [4.69, 9.17) is 11.6 Å². The Balaban J connectivity index is 1.77. The third-order valence-electron chi connectivity index (χ3n) is 3.65. The maximum Gasteiger partial charge on any atom is 0.0484 e. The van der Waals surface area contributed by atoms with Crippen LogP contribution >= 0.6 is 11.6 Å². The van der Waals surface area contributed by atoms with E-state index in [2.05, 4.69) is 23.1 Å². The van der Waals surface area contributed by atoms with Crippen LogP contribution in [0.25, 0.3) is 11.1 Å². The third-order valence-corrected chi connectivity index (χ3v) is 3.98. The van der Waals surface area contributed by atoms with Crippen LogP contribution in [0.5, 0.6) is 0 Å². The van der Waals surface area contributed by atoms with E-state index in [-0.39, 0.29) is 0 Å². The molecule has 2 aromatic rings. The maximum atomic E-state index is 6.21. The summed E-state index contributed by atoms with van der Waals surface area (Å²) in [7, 11) is 0. The molecule has 3 rings (SSSR count). The predicted molar refractivity (Wildman–Crippen MR) is 80.2 cm³/mol. The molecule has 19 heavy (non-hydrogen) atoms. The first-order valence-electron chi connectivity index (χ1n) is 6.81. The summed E-state index contributed by atoms with van der Waals surface area (Å²) in [5.41, 5.74) is 3.47. The Morgan fingerprint density at radius 1 is 1.05 bits per heavy atom. The van der Waals surface area contributed by atoms with E-state index < -0.39 is 0 Å². The Hall–Kier alpha value is -1.31. The summed E-state index contributed by atoms with van der Waals surface area (Å²) in [6, 6.07) is 17.7. The Kier molecular flexibility index (Phi) is 3.86. The fourth-order valence-electron chi connectivity index (χ4n) is 2.60. The molecule has 2 aromatic carbocycles. The predicted octanol–water partition coefficient (Wildman–Crippen LogP) is 4.40. The van der Waals surface area contributed by atoms with Crippen LogP contribution in [-0.2, 0) is 6.54 Å². The van der Waals surface area contributed by atoms with Crippen molar-refractivity contribution in [1.82, 2.24) is 4.90 Å². The van der Waals surface area contributed by atoms with Crippen LogP contribution in [0.15, 0.2) is 42.5 Å². The molecule has 1 nitrogen and oxygen atoms in total. The SMILES string of the molecule is Clc1ccccc1-c1c[c]c(CN2CCCC2)cc1. The Labute approximate surface area is 119 Å². The minimum atomic E-state index is 0.795. The van der Waals surface area contributed by atoms with Gasteiger partial charge in [-0.2, -0.15) is 0 Å². The van der Waals surface area contributed by atoms with Crippen LogP contribution in [0.1, 0.15) is 18.4 Å². The van der Waals surface area contributed by atoms with Gasteiger partial charge in [-0.15, -0.1) is 0 Å². The number of likely N-dealkylation sites (tertiary alicyclic amines) is 1. The van der Waals surface area contributed by atoms with Crippen LogP contribution in [0.2, 0.25) is 5.02 Å². The highest BCUT2D eigenvalue weighted by atomic mass is 35.5. The summed E-state index contributed by atoms with van der Waals surface area (Å²) in [5.74, 6) is 0. The number of nitrogens with zero attached hydrogens (tertiary/aromatic N) is 1. The fourth-order valence-corrected chi connectivity index (χ4v) is 2.84. The third kappa shape index (κ3) is 2.99. The quantitative estimate of drug-likeness (QED) is 0.799. The molecule has 1 fully saturated rings. The highest BCUT2D eigenvalue weighted by molar-refractivity contribution is 6.33. The first kappa shape index (κ1) is 12.7. The molecule has 0 saturated carbocycles. The van der Waals surface area contributed by atoms with Crippen LogP contribution in [0.3, 0.4) is 0 Å². The van der Waals surface area contributed by atoms with Gasteiger partial charge in [-0.3, -0.25) is 4.90 Å². The van der Waals surface area contributed by atoms with Gasteiger partial charge in [0.25, 0.3) is 0 Å². The van der Waals surface area contributed by atoms with Crippen LogP contribution < -0.4 is 0 Å². The molecule has 1 heterocycles. The normalized spacial score (nSPS) is 15.8. The van der Waals surface area contributed by atoms with E-state index in [9.17, 15) is 0 Å². The van der Waals surface area contributed by atoms with E-state index in [0.29, 0.717) is 0 Å². The Morgan fingerprint density at radius 3 is 2.53 bits per heavy atom. The fraction of sp³-hybridized carbons (Fsp3) is 0.294. The molecule has 0 atom stereocenters. The number of benzene rings is 2. The topological polar surface area (TPSA) is 3.24 Å². The van der Waals surface area contributed by atoms with Gasteiger partial charge in [-0.25, -0.2) is 0 Å². The lowest BCUT2D eigenvalue weighted by molar-refractivity contribution is 0.331. The zero-order valence-electron chi connectivity index (χ0n) is 10.9. The summed E-state index contributed by atoms with van der Waals surface area (Å²) >= 11 is 6.21. The van der Waals surface area contributed by atoms with Crippen molar-refractivity contribution < 1.29 is 0 Å². The van der Waals surface area contributed by atoms with Crippen molar-refractivity contribution in [1.29, 1.82) is 0 Å². The van der Waals surface area contributed by atoms with Gasteiger partial charge in [0.05, 0.1) is 0 Å². The van der Waals surface area contributed by atoms with Crippen molar-refractivity contribution in [3.63, 3.8) is 0 Å². The van der Waals surface area contributed by atoms with Crippen LogP contribution in [0.4, 0.5) is 0 Å². The summed E-state index contributed by atoms with van der Waals surface area (Å²) < 4.78 is 0. The van der Waals surface area contributed by atoms with E-state index in [0.717, 1.165) is 22.7 Å². The standard InChI is InChI=1S/C17H17ClN/c18-17-6-2-1-5-16(17)15-9-7-14(8-10-15)13-19-11-3-4-12-19/h1-2,5-7,9-10H,3-4,11-13H2. The van der Waals surface area contributed by atoms with Crippen LogP contribution in [0, 0.1) is 6.07 Å². The second kappa shape index (κ2) is 5.77. The maximum absolute atomic E-state index is 6.21. The number of rotatable bonds is 3. The minimum Gasteiger partial charge on any atom is -0.299 e. The average molecular weight is 271 g/mol. The smallest absolute Gasteiger partial charge is 0.0484 e. The summed E-state index contributed by atoms with van der Waals surface area (Å²) in [4.78, 5) is 2.49. The molecule has 0 amide bonds. The highest BCUT2D eigenvalue weighted by Gasteiger charge is 2.11. The van der Waals surface area contributed by atoms with Gasteiger partial charge >= 0.3 is 0 Å². The van der Waals surface area contributed by atoms with Gasteiger partial charge in [0.15, 0.2) is 0 Å². The number of halogens is 1. The Bertz CT molecular complexity index is 541. The molecule has 1 aliphatic rings. The second-order valence-electron chi connectivity index (χ2n) is 5.07. The van der Waals surface area contributed by atoms with Crippen molar-refractivity contribution in [3.8, 4) is 11.1 Å². The molecule has 97 valence electrons. The first-order chi connectivity index (χ1) is 9.33. The van der Waals surface area contributed by atoms with Gasteiger partial charge in [0.1, 0.15) is 0 Å². The molecule has 2 heteroatoms. The molecule has 1 radical (unpaired) electrons. The lowest BCUT2D eigenvalue weighted by Crippen LogP contribution is -2.18. The van der Waals surface area contributed by atoms with Gasteiger partial charge in [0.2, 0.25) is 0 Å². The summed E-state index contributed by atoms with van der Waals surface area (Å²) in [6.07, 6.45) is 2.66. The molecular weight excluding hydrogens is 254 g/mol. The second-order valence-corrected chi connectivity index (χ2v) is 5.47. The molecule has 0 N–H and O–H groups in total. The molecule has 0 unspecified atom stereocenters. The molecule has 1 aliphatic heterocycles. The van der Waals surface area contributed by atoms with Crippen molar-refractivity contribution >= 4 is 11.6 Å². The van der Waals surface area contributed by atoms with Crippen molar-refractivity contribution in [2.24, 2.45) is 0 Å². The number of hydrogen-bond donors (Lipinski definition) is 0. The molecule has 0 aromatic heterocycles. The molecular formula is C17H17ClN. The molecule has 0 bridgehead atoms. The zero-order chi connectivity index (χ0) is 13.1. The molecule has 0 aliphatic carbocycles.